The molecule has 0 aliphatic heterocycles. The lowest BCUT2D eigenvalue weighted by Gasteiger charge is -2.14. The highest BCUT2D eigenvalue weighted by Gasteiger charge is 2.07. The molecule has 0 saturated carbocycles. The molecule has 0 heterocycles. The van der Waals surface area contributed by atoms with Crippen LogP contribution in [-0.4, -0.2) is 29.7 Å². The van der Waals surface area contributed by atoms with E-state index in [0.29, 0.717) is 19.4 Å². The van der Waals surface area contributed by atoms with Crippen molar-refractivity contribution in [1.29, 1.82) is 0 Å². The Bertz CT molecular complexity index is 434. The van der Waals surface area contributed by atoms with E-state index in [1.165, 1.54) is 5.56 Å². The summed E-state index contributed by atoms with van der Waals surface area (Å²) in [5.41, 5.74) is 1.27. The van der Waals surface area contributed by atoms with Crippen molar-refractivity contribution in [3.63, 3.8) is 0 Å². The number of aliphatic carboxylic acids is 1. The van der Waals surface area contributed by atoms with Crippen LogP contribution in [0.15, 0.2) is 30.3 Å². The molecule has 1 rings (SSSR count). The Hall–Kier alpha value is -2.04. The fourth-order valence-corrected chi connectivity index (χ4v) is 2.05. The minimum atomic E-state index is -0.799. The lowest BCUT2D eigenvalue weighted by molar-refractivity contribution is -0.137. The molecule has 3 N–H and O–H groups in total. The Morgan fingerprint density at radius 2 is 1.90 bits per heavy atom. The number of hydrogen-bond acceptors (Lipinski definition) is 2. The second kappa shape index (κ2) is 9.80. The number of amides is 2. The number of carboxylic acid groups (broad SMARTS) is 1. The van der Waals surface area contributed by atoms with E-state index in [4.69, 9.17) is 5.11 Å². The van der Waals surface area contributed by atoms with E-state index in [0.717, 1.165) is 12.8 Å². The van der Waals surface area contributed by atoms with Crippen molar-refractivity contribution in [2.24, 2.45) is 0 Å². The first-order valence-corrected chi connectivity index (χ1v) is 7.38. The van der Waals surface area contributed by atoms with Crippen LogP contribution in [0, 0.1) is 0 Å². The van der Waals surface area contributed by atoms with Crippen molar-refractivity contribution in [3.8, 4) is 0 Å². The molecule has 0 bridgehead atoms. The first kappa shape index (κ1) is 17.0. The summed E-state index contributed by atoms with van der Waals surface area (Å²) >= 11 is 0. The van der Waals surface area contributed by atoms with Crippen LogP contribution >= 0.6 is 0 Å². The van der Waals surface area contributed by atoms with Crippen molar-refractivity contribution >= 4 is 12.0 Å². The van der Waals surface area contributed by atoms with Gasteiger partial charge in [-0.15, -0.1) is 0 Å². The van der Waals surface area contributed by atoms with Crippen LogP contribution in [0.1, 0.15) is 38.2 Å². The molecule has 1 atom stereocenters. The SMILES string of the molecule is CC(CCCC(=O)O)NC(=O)NCCCc1ccccc1. The molecule has 0 aliphatic carbocycles. The summed E-state index contributed by atoms with van der Waals surface area (Å²) in [6, 6.07) is 9.95. The normalized spacial score (nSPS) is 11.7. The topological polar surface area (TPSA) is 78.4 Å². The zero-order chi connectivity index (χ0) is 15.5. The van der Waals surface area contributed by atoms with Gasteiger partial charge in [0.25, 0.3) is 0 Å². The van der Waals surface area contributed by atoms with E-state index in [1.54, 1.807) is 0 Å². The molecule has 0 radical (unpaired) electrons. The number of aryl methyl sites for hydroxylation is 1. The molecule has 0 spiro atoms. The highest BCUT2D eigenvalue weighted by atomic mass is 16.4. The van der Waals surface area contributed by atoms with Crippen molar-refractivity contribution in [2.45, 2.75) is 45.1 Å². The zero-order valence-corrected chi connectivity index (χ0v) is 12.5. The highest BCUT2D eigenvalue weighted by molar-refractivity contribution is 5.74. The number of carboxylic acids is 1. The molecule has 0 aromatic heterocycles. The average molecular weight is 292 g/mol. The minimum absolute atomic E-state index is 0.0153. The van der Waals surface area contributed by atoms with Gasteiger partial charge in [-0.05, 0) is 38.2 Å². The van der Waals surface area contributed by atoms with E-state index >= 15 is 0 Å². The highest BCUT2D eigenvalue weighted by Crippen LogP contribution is 2.02. The molecule has 21 heavy (non-hydrogen) atoms. The van der Waals surface area contributed by atoms with Gasteiger partial charge in [0.15, 0.2) is 0 Å². The van der Waals surface area contributed by atoms with Gasteiger partial charge in [-0.3, -0.25) is 4.79 Å². The fraction of sp³-hybridized carbons (Fsp3) is 0.500. The van der Waals surface area contributed by atoms with Crippen LogP contribution in [0.3, 0.4) is 0 Å². The van der Waals surface area contributed by atoms with Gasteiger partial charge in [0, 0.05) is 19.0 Å². The number of urea groups is 1. The number of rotatable bonds is 9. The second-order valence-electron chi connectivity index (χ2n) is 5.18. The zero-order valence-electron chi connectivity index (χ0n) is 12.5. The van der Waals surface area contributed by atoms with Gasteiger partial charge in [0.1, 0.15) is 0 Å². The molecule has 5 nitrogen and oxygen atoms in total. The maximum atomic E-state index is 11.6. The Morgan fingerprint density at radius 1 is 1.19 bits per heavy atom. The van der Waals surface area contributed by atoms with Crippen LogP contribution in [0.4, 0.5) is 4.79 Å². The van der Waals surface area contributed by atoms with E-state index in [1.807, 2.05) is 25.1 Å². The third kappa shape index (κ3) is 8.68. The Labute approximate surface area is 125 Å². The molecule has 1 aromatic rings. The summed E-state index contributed by atoms with van der Waals surface area (Å²) in [5.74, 6) is -0.799. The molecule has 116 valence electrons. The van der Waals surface area contributed by atoms with Gasteiger partial charge in [0.05, 0.1) is 0 Å². The molecule has 5 heteroatoms. The predicted molar refractivity (Wildman–Crippen MR) is 82.2 cm³/mol. The van der Waals surface area contributed by atoms with Crippen molar-refractivity contribution in [3.05, 3.63) is 35.9 Å². The molecule has 0 fully saturated rings. The van der Waals surface area contributed by atoms with Gasteiger partial charge in [-0.2, -0.15) is 0 Å². The first-order chi connectivity index (χ1) is 10.1. The van der Waals surface area contributed by atoms with Gasteiger partial charge < -0.3 is 15.7 Å². The van der Waals surface area contributed by atoms with Crippen molar-refractivity contribution in [1.82, 2.24) is 10.6 Å². The number of hydrogen-bond donors (Lipinski definition) is 3. The number of nitrogens with one attached hydrogen (secondary N) is 2. The van der Waals surface area contributed by atoms with Crippen molar-refractivity contribution < 1.29 is 14.7 Å². The quantitative estimate of drug-likeness (QED) is 0.612. The third-order valence-electron chi connectivity index (χ3n) is 3.18. The molecule has 0 saturated heterocycles. The van der Waals surface area contributed by atoms with Gasteiger partial charge in [-0.25, -0.2) is 4.79 Å². The number of carbonyl (C=O) groups excluding carboxylic acids is 1. The maximum Gasteiger partial charge on any atom is 0.314 e. The number of benzene rings is 1. The summed E-state index contributed by atoms with van der Waals surface area (Å²) in [6.45, 7) is 2.51. The Kier molecular flexibility index (Phi) is 7.94. The third-order valence-corrected chi connectivity index (χ3v) is 3.18. The van der Waals surface area contributed by atoms with Gasteiger partial charge >= 0.3 is 12.0 Å². The molecule has 1 unspecified atom stereocenters. The van der Waals surface area contributed by atoms with Crippen LogP contribution in [0.2, 0.25) is 0 Å². The summed E-state index contributed by atoms with van der Waals surface area (Å²) in [6.07, 6.45) is 3.22. The maximum absolute atomic E-state index is 11.6. The van der Waals surface area contributed by atoms with Crippen LogP contribution in [-0.2, 0) is 11.2 Å². The molecule has 1 aromatic carbocycles. The lowest BCUT2D eigenvalue weighted by atomic mass is 10.1. The van der Waals surface area contributed by atoms with E-state index in [-0.39, 0.29) is 18.5 Å². The standard InChI is InChI=1S/C16H24N2O3/c1-13(7-5-11-15(19)20)18-16(21)17-12-6-10-14-8-3-2-4-9-14/h2-4,8-9,13H,5-7,10-12H2,1H3,(H,19,20)(H2,17,18,21). The van der Waals surface area contributed by atoms with E-state index < -0.39 is 5.97 Å². The largest absolute Gasteiger partial charge is 0.481 e. The monoisotopic (exact) mass is 292 g/mol. The average Bonchev–Trinajstić information content (AvgIpc) is 2.44. The summed E-state index contributed by atoms with van der Waals surface area (Å²) in [4.78, 5) is 22.0. The lowest BCUT2D eigenvalue weighted by Crippen LogP contribution is -2.41. The summed E-state index contributed by atoms with van der Waals surface area (Å²) in [7, 11) is 0. The predicted octanol–water partition coefficient (Wildman–Crippen LogP) is 2.56. The molecular weight excluding hydrogens is 268 g/mol. The van der Waals surface area contributed by atoms with Crippen molar-refractivity contribution in [2.75, 3.05) is 6.54 Å². The van der Waals surface area contributed by atoms with Crippen LogP contribution < -0.4 is 10.6 Å². The van der Waals surface area contributed by atoms with Gasteiger partial charge in [-0.1, -0.05) is 30.3 Å². The van der Waals surface area contributed by atoms with Crippen LogP contribution in [0.5, 0.6) is 0 Å². The van der Waals surface area contributed by atoms with Gasteiger partial charge in [0.2, 0.25) is 0 Å². The minimum Gasteiger partial charge on any atom is -0.481 e. The number of carbonyl (C=O) groups is 2. The summed E-state index contributed by atoms with van der Waals surface area (Å²) in [5, 5.41) is 14.2. The van der Waals surface area contributed by atoms with Crippen LogP contribution in [0.25, 0.3) is 0 Å². The molecule has 2 amide bonds. The molecular formula is C16H24N2O3. The first-order valence-electron chi connectivity index (χ1n) is 7.38. The van der Waals surface area contributed by atoms with E-state index in [2.05, 4.69) is 22.8 Å². The van der Waals surface area contributed by atoms with E-state index in [9.17, 15) is 9.59 Å². The Morgan fingerprint density at radius 3 is 2.57 bits per heavy atom. The fourth-order valence-electron chi connectivity index (χ4n) is 2.05. The Balaban J connectivity index is 2.06. The molecule has 0 aliphatic rings. The smallest absolute Gasteiger partial charge is 0.314 e. The summed E-state index contributed by atoms with van der Waals surface area (Å²) < 4.78 is 0. The second-order valence-corrected chi connectivity index (χ2v) is 5.18.